The van der Waals surface area contributed by atoms with Crippen molar-refractivity contribution in [3.8, 4) is 22.5 Å². The van der Waals surface area contributed by atoms with Crippen LogP contribution in [0.5, 0.6) is 0 Å². The number of hydrogen-bond donors (Lipinski definition) is 2. The van der Waals surface area contributed by atoms with E-state index >= 15 is 0 Å². The van der Waals surface area contributed by atoms with Gasteiger partial charge >= 0.3 is 0 Å². The van der Waals surface area contributed by atoms with E-state index in [-0.39, 0.29) is 0 Å². The molecule has 3 aromatic heterocycles. The van der Waals surface area contributed by atoms with Gasteiger partial charge in [0, 0.05) is 49.0 Å². The van der Waals surface area contributed by atoms with Crippen molar-refractivity contribution >= 4 is 5.95 Å². The SMILES string of the molecule is NCCNc1nc(-c2ccncc2)cc(-c2ccncc2)n1. The summed E-state index contributed by atoms with van der Waals surface area (Å²) in [4.78, 5) is 17.2. The molecule has 0 aliphatic carbocycles. The molecular weight excluding hydrogens is 276 g/mol. The van der Waals surface area contributed by atoms with Crippen LogP contribution in [0.15, 0.2) is 55.1 Å². The molecule has 6 nitrogen and oxygen atoms in total. The lowest BCUT2D eigenvalue weighted by molar-refractivity contribution is 0.991. The Morgan fingerprint density at radius 1 is 0.818 bits per heavy atom. The molecule has 0 aliphatic heterocycles. The Kier molecular flexibility index (Phi) is 4.31. The van der Waals surface area contributed by atoms with Crippen LogP contribution in [-0.2, 0) is 0 Å². The first kappa shape index (κ1) is 14.1. The van der Waals surface area contributed by atoms with E-state index in [9.17, 15) is 0 Å². The van der Waals surface area contributed by atoms with Crippen molar-refractivity contribution in [1.29, 1.82) is 0 Å². The summed E-state index contributed by atoms with van der Waals surface area (Å²) < 4.78 is 0. The molecule has 3 heterocycles. The second-order valence-electron chi connectivity index (χ2n) is 4.65. The summed E-state index contributed by atoms with van der Waals surface area (Å²) in [5.41, 5.74) is 9.19. The topological polar surface area (TPSA) is 89.6 Å². The fourth-order valence-electron chi connectivity index (χ4n) is 2.05. The highest BCUT2D eigenvalue weighted by atomic mass is 15.1. The lowest BCUT2D eigenvalue weighted by Crippen LogP contribution is -2.15. The summed E-state index contributed by atoms with van der Waals surface area (Å²) in [6.07, 6.45) is 6.99. The highest BCUT2D eigenvalue weighted by molar-refractivity contribution is 5.68. The lowest BCUT2D eigenvalue weighted by Gasteiger charge is -2.09. The van der Waals surface area contributed by atoms with Crippen LogP contribution in [-0.4, -0.2) is 33.0 Å². The molecule has 110 valence electrons. The van der Waals surface area contributed by atoms with E-state index in [0.717, 1.165) is 22.5 Å². The second-order valence-corrected chi connectivity index (χ2v) is 4.65. The number of nitrogens with two attached hydrogens (primary N) is 1. The number of hydrogen-bond acceptors (Lipinski definition) is 6. The van der Waals surface area contributed by atoms with Crippen LogP contribution < -0.4 is 11.1 Å². The first-order valence-corrected chi connectivity index (χ1v) is 7.00. The normalized spacial score (nSPS) is 10.4. The maximum atomic E-state index is 5.54. The number of anilines is 1. The third-order valence-corrected chi connectivity index (χ3v) is 3.11. The summed E-state index contributed by atoms with van der Waals surface area (Å²) in [6, 6.07) is 9.64. The number of nitrogens with zero attached hydrogens (tertiary/aromatic N) is 4. The fourth-order valence-corrected chi connectivity index (χ4v) is 2.05. The van der Waals surface area contributed by atoms with Crippen molar-refractivity contribution in [3.63, 3.8) is 0 Å². The van der Waals surface area contributed by atoms with Crippen LogP contribution in [0.2, 0.25) is 0 Å². The zero-order valence-corrected chi connectivity index (χ0v) is 12.0. The number of nitrogens with one attached hydrogen (secondary N) is 1. The average Bonchev–Trinajstić information content (AvgIpc) is 2.61. The summed E-state index contributed by atoms with van der Waals surface area (Å²) in [7, 11) is 0. The van der Waals surface area contributed by atoms with E-state index in [2.05, 4.69) is 25.3 Å². The molecule has 0 atom stereocenters. The largest absolute Gasteiger partial charge is 0.353 e. The molecule has 3 N–H and O–H groups in total. The van der Waals surface area contributed by atoms with Crippen molar-refractivity contribution < 1.29 is 0 Å². The molecule has 0 fully saturated rings. The molecule has 0 amide bonds. The van der Waals surface area contributed by atoms with Gasteiger partial charge in [-0.2, -0.15) is 0 Å². The Hall–Kier alpha value is -2.86. The van der Waals surface area contributed by atoms with Crippen molar-refractivity contribution in [2.45, 2.75) is 0 Å². The molecule has 6 heteroatoms. The van der Waals surface area contributed by atoms with Gasteiger partial charge in [-0.3, -0.25) is 9.97 Å². The van der Waals surface area contributed by atoms with Crippen LogP contribution in [0.25, 0.3) is 22.5 Å². The molecule has 3 aromatic rings. The maximum absolute atomic E-state index is 5.54. The van der Waals surface area contributed by atoms with E-state index < -0.39 is 0 Å². The van der Waals surface area contributed by atoms with Gasteiger partial charge in [0.15, 0.2) is 0 Å². The van der Waals surface area contributed by atoms with Gasteiger partial charge in [0.1, 0.15) is 0 Å². The number of aromatic nitrogens is 4. The van der Waals surface area contributed by atoms with Gasteiger partial charge in [-0.15, -0.1) is 0 Å². The Morgan fingerprint density at radius 2 is 1.32 bits per heavy atom. The summed E-state index contributed by atoms with van der Waals surface area (Å²) in [5.74, 6) is 0.562. The molecule has 3 rings (SSSR count). The van der Waals surface area contributed by atoms with Gasteiger partial charge < -0.3 is 11.1 Å². The van der Waals surface area contributed by atoms with E-state index in [1.165, 1.54) is 0 Å². The lowest BCUT2D eigenvalue weighted by atomic mass is 10.1. The molecule has 0 unspecified atom stereocenters. The third kappa shape index (κ3) is 3.24. The van der Waals surface area contributed by atoms with Gasteiger partial charge in [0.05, 0.1) is 11.4 Å². The van der Waals surface area contributed by atoms with Crippen LogP contribution >= 0.6 is 0 Å². The molecule has 0 spiro atoms. The van der Waals surface area contributed by atoms with Gasteiger partial charge in [-0.05, 0) is 30.3 Å². The van der Waals surface area contributed by atoms with Gasteiger partial charge in [-0.25, -0.2) is 9.97 Å². The molecule has 22 heavy (non-hydrogen) atoms. The quantitative estimate of drug-likeness (QED) is 0.747. The molecule has 0 bridgehead atoms. The van der Waals surface area contributed by atoms with E-state index in [4.69, 9.17) is 5.73 Å². The minimum atomic E-state index is 0.521. The van der Waals surface area contributed by atoms with Crippen molar-refractivity contribution in [2.75, 3.05) is 18.4 Å². The Balaban J connectivity index is 2.06. The Bertz CT molecular complexity index is 672. The van der Waals surface area contributed by atoms with Crippen molar-refractivity contribution in [3.05, 3.63) is 55.1 Å². The zero-order valence-electron chi connectivity index (χ0n) is 12.0. The molecule has 0 saturated carbocycles. The first-order chi connectivity index (χ1) is 10.9. The summed E-state index contributed by atoms with van der Waals surface area (Å²) in [5, 5.41) is 3.14. The number of rotatable bonds is 5. The Morgan fingerprint density at radius 3 is 1.77 bits per heavy atom. The summed E-state index contributed by atoms with van der Waals surface area (Å²) >= 11 is 0. The van der Waals surface area contributed by atoms with Crippen LogP contribution in [0.1, 0.15) is 0 Å². The smallest absolute Gasteiger partial charge is 0.223 e. The second kappa shape index (κ2) is 6.73. The van der Waals surface area contributed by atoms with Crippen molar-refractivity contribution in [2.24, 2.45) is 5.73 Å². The minimum Gasteiger partial charge on any atom is -0.353 e. The predicted molar refractivity (Wildman–Crippen MR) is 86.0 cm³/mol. The van der Waals surface area contributed by atoms with Crippen molar-refractivity contribution in [1.82, 2.24) is 19.9 Å². The molecule has 0 aromatic carbocycles. The molecule has 0 aliphatic rings. The minimum absolute atomic E-state index is 0.521. The highest BCUT2D eigenvalue weighted by Gasteiger charge is 2.08. The fraction of sp³-hybridized carbons (Fsp3) is 0.125. The van der Waals surface area contributed by atoms with E-state index in [1.54, 1.807) is 24.8 Å². The first-order valence-electron chi connectivity index (χ1n) is 7.00. The maximum Gasteiger partial charge on any atom is 0.223 e. The molecule has 0 saturated heterocycles. The highest BCUT2D eigenvalue weighted by Crippen LogP contribution is 2.24. The van der Waals surface area contributed by atoms with E-state index in [0.29, 0.717) is 19.0 Å². The monoisotopic (exact) mass is 292 g/mol. The van der Waals surface area contributed by atoms with Gasteiger partial charge in [0.25, 0.3) is 0 Å². The van der Waals surface area contributed by atoms with Crippen LogP contribution in [0.4, 0.5) is 5.95 Å². The van der Waals surface area contributed by atoms with Crippen LogP contribution in [0, 0.1) is 0 Å². The average molecular weight is 292 g/mol. The van der Waals surface area contributed by atoms with Gasteiger partial charge in [0.2, 0.25) is 5.95 Å². The van der Waals surface area contributed by atoms with Gasteiger partial charge in [-0.1, -0.05) is 0 Å². The number of pyridine rings is 2. The molecule has 0 radical (unpaired) electrons. The van der Waals surface area contributed by atoms with Crippen LogP contribution in [0.3, 0.4) is 0 Å². The summed E-state index contributed by atoms with van der Waals surface area (Å²) in [6.45, 7) is 1.14. The Labute approximate surface area is 128 Å². The molecular formula is C16H16N6. The third-order valence-electron chi connectivity index (χ3n) is 3.11. The predicted octanol–water partition coefficient (Wildman–Crippen LogP) is 1.97. The zero-order chi connectivity index (χ0) is 15.2. The van der Waals surface area contributed by atoms with E-state index in [1.807, 2.05) is 30.3 Å². The standard InChI is InChI=1S/C16H16N6/c17-5-10-20-16-21-14(12-1-6-18-7-2-12)11-15(22-16)13-3-8-19-9-4-13/h1-4,6-9,11H,5,10,17H2,(H,20,21,22).